The number of aryl methyl sites for hydroxylation is 1. The maximum absolute atomic E-state index is 12.6. The first kappa shape index (κ1) is 22.7. The number of nitrogens with zero attached hydrogens (tertiary/aromatic N) is 2. The van der Waals surface area contributed by atoms with Gasteiger partial charge in [0.15, 0.2) is 0 Å². The second-order valence-corrected chi connectivity index (χ2v) is 9.60. The van der Waals surface area contributed by atoms with Crippen molar-refractivity contribution in [2.24, 2.45) is 0 Å². The van der Waals surface area contributed by atoms with Crippen molar-refractivity contribution in [1.29, 1.82) is 0 Å². The van der Waals surface area contributed by atoms with Crippen molar-refractivity contribution in [3.63, 3.8) is 0 Å². The van der Waals surface area contributed by atoms with Crippen LogP contribution in [0, 0.1) is 6.92 Å². The Morgan fingerprint density at radius 3 is 2.35 bits per heavy atom. The summed E-state index contributed by atoms with van der Waals surface area (Å²) >= 11 is 0. The van der Waals surface area contributed by atoms with Crippen LogP contribution in [0.15, 0.2) is 30.6 Å². The van der Waals surface area contributed by atoms with E-state index in [-0.39, 0.29) is 22.9 Å². The Morgan fingerprint density at radius 2 is 1.74 bits per heavy atom. The molecule has 0 saturated carbocycles. The first-order chi connectivity index (χ1) is 14.4. The van der Waals surface area contributed by atoms with Crippen molar-refractivity contribution in [2.75, 3.05) is 16.0 Å². The predicted octanol–water partition coefficient (Wildman–Crippen LogP) is 3.72. The van der Waals surface area contributed by atoms with Gasteiger partial charge in [-0.3, -0.25) is 9.59 Å². The van der Waals surface area contributed by atoms with Gasteiger partial charge in [0, 0.05) is 35.8 Å². The summed E-state index contributed by atoms with van der Waals surface area (Å²) in [6.45, 7) is 12.2. The van der Waals surface area contributed by atoms with Crippen LogP contribution in [0.3, 0.4) is 0 Å². The molecule has 1 saturated heterocycles. The smallest absolute Gasteiger partial charge is 0.255 e. The van der Waals surface area contributed by atoms with Crippen LogP contribution in [0.2, 0.25) is 0 Å². The van der Waals surface area contributed by atoms with Gasteiger partial charge in [-0.15, -0.1) is 0 Å². The van der Waals surface area contributed by atoms with E-state index in [4.69, 9.17) is 0 Å². The molecule has 0 aromatic carbocycles. The fraction of sp³-hybridized carbons (Fsp3) is 0.478. The zero-order chi connectivity index (χ0) is 22.8. The van der Waals surface area contributed by atoms with Crippen LogP contribution in [-0.2, 0) is 4.79 Å². The third-order valence-electron chi connectivity index (χ3n) is 5.19. The van der Waals surface area contributed by atoms with Crippen molar-refractivity contribution < 1.29 is 9.59 Å². The molecular weight excluding hydrogens is 392 g/mol. The van der Waals surface area contributed by atoms with E-state index in [1.54, 1.807) is 12.3 Å². The highest BCUT2D eigenvalue weighted by molar-refractivity contribution is 6.05. The van der Waals surface area contributed by atoms with Crippen molar-refractivity contribution >= 4 is 29.1 Å². The molecule has 166 valence electrons. The molecule has 0 atom stereocenters. The molecule has 0 unspecified atom stereocenters. The molecule has 1 aliphatic heterocycles. The molecule has 3 rings (SSSR count). The molecule has 2 amide bonds. The van der Waals surface area contributed by atoms with Gasteiger partial charge in [0.05, 0.1) is 11.9 Å². The summed E-state index contributed by atoms with van der Waals surface area (Å²) in [6, 6.07) is 5.34. The molecule has 4 N–H and O–H groups in total. The molecule has 1 aliphatic rings. The number of carbonyl (C=O) groups is 2. The number of hydrogen-bond donors (Lipinski definition) is 4. The van der Waals surface area contributed by atoms with Gasteiger partial charge in [-0.2, -0.15) is 0 Å². The standard InChI is InChI=1S/C23H32N6O2/c1-14-9-17(28-21(31)16-7-8-24-19(10-16)26-15(2)30)13-25-20(14)27-18-11-22(3,4)29-23(5,6)12-18/h7-10,13,18,29H,11-12H2,1-6H3,(H,25,27)(H,28,31)(H,24,26,30). The molecule has 2 aromatic rings. The van der Waals surface area contributed by atoms with Crippen LogP contribution in [0.1, 0.15) is 63.4 Å². The van der Waals surface area contributed by atoms with E-state index >= 15 is 0 Å². The third-order valence-corrected chi connectivity index (χ3v) is 5.19. The van der Waals surface area contributed by atoms with Gasteiger partial charge in [-0.1, -0.05) is 0 Å². The van der Waals surface area contributed by atoms with Crippen LogP contribution in [0.4, 0.5) is 17.3 Å². The molecular formula is C23H32N6O2. The number of amides is 2. The zero-order valence-corrected chi connectivity index (χ0v) is 19.1. The number of piperidine rings is 1. The fourth-order valence-corrected chi connectivity index (χ4v) is 4.44. The van der Waals surface area contributed by atoms with Crippen LogP contribution in [-0.4, -0.2) is 38.9 Å². The molecule has 1 fully saturated rings. The number of nitrogens with one attached hydrogen (secondary N) is 4. The van der Waals surface area contributed by atoms with Crippen LogP contribution in [0.5, 0.6) is 0 Å². The summed E-state index contributed by atoms with van der Waals surface area (Å²) in [4.78, 5) is 32.4. The molecule has 0 aliphatic carbocycles. The van der Waals surface area contributed by atoms with E-state index in [1.807, 2.05) is 13.0 Å². The number of anilines is 3. The topological polar surface area (TPSA) is 108 Å². The molecule has 0 radical (unpaired) electrons. The summed E-state index contributed by atoms with van der Waals surface area (Å²) in [5, 5.41) is 12.7. The highest BCUT2D eigenvalue weighted by Gasteiger charge is 2.37. The Morgan fingerprint density at radius 1 is 1.06 bits per heavy atom. The first-order valence-electron chi connectivity index (χ1n) is 10.5. The van der Waals surface area contributed by atoms with Gasteiger partial charge in [-0.25, -0.2) is 9.97 Å². The minimum atomic E-state index is -0.294. The lowest BCUT2D eigenvalue weighted by atomic mass is 9.79. The maximum Gasteiger partial charge on any atom is 0.255 e. The Balaban J connectivity index is 1.68. The Labute approximate surface area is 183 Å². The second kappa shape index (κ2) is 8.63. The number of pyridine rings is 2. The molecule has 8 heteroatoms. The van der Waals surface area contributed by atoms with Gasteiger partial charge in [0.1, 0.15) is 11.6 Å². The van der Waals surface area contributed by atoms with Gasteiger partial charge in [0.25, 0.3) is 5.91 Å². The lowest BCUT2D eigenvalue weighted by Crippen LogP contribution is -2.60. The van der Waals surface area contributed by atoms with E-state index < -0.39 is 0 Å². The van der Waals surface area contributed by atoms with Crippen LogP contribution in [0.25, 0.3) is 0 Å². The molecule has 31 heavy (non-hydrogen) atoms. The van der Waals surface area contributed by atoms with Crippen LogP contribution < -0.4 is 21.3 Å². The molecule has 2 aromatic heterocycles. The van der Waals surface area contributed by atoms with Gasteiger partial charge >= 0.3 is 0 Å². The van der Waals surface area contributed by atoms with Crippen LogP contribution >= 0.6 is 0 Å². The quantitative estimate of drug-likeness (QED) is 0.583. The van der Waals surface area contributed by atoms with E-state index in [2.05, 4.69) is 58.9 Å². The van der Waals surface area contributed by atoms with Gasteiger partial charge < -0.3 is 21.3 Å². The highest BCUT2D eigenvalue weighted by atomic mass is 16.2. The average Bonchev–Trinajstić information content (AvgIpc) is 2.61. The van der Waals surface area contributed by atoms with Crippen molar-refractivity contribution in [2.45, 2.75) is 71.5 Å². The van der Waals surface area contributed by atoms with E-state index in [9.17, 15) is 9.59 Å². The Kier molecular flexibility index (Phi) is 6.31. The number of rotatable bonds is 5. The SMILES string of the molecule is CC(=O)Nc1cc(C(=O)Nc2cnc(NC3CC(C)(C)NC(C)(C)C3)c(C)c2)ccn1. The summed E-state index contributed by atoms with van der Waals surface area (Å²) in [7, 11) is 0. The fourth-order valence-electron chi connectivity index (χ4n) is 4.44. The third kappa shape index (κ3) is 6.24. The lowest BCUT2D eigenvalue weighted by Gasteiger charge is -2.46. The molecule has 8 nitrogen and oxygen atoms in total. The first-order valence-corrected chi connectivity index (χ1v) is 10.5. The molecule has 0 bridgehead atoms. The number of hydrogen-bond acceptors (Lipinski definition) is 6. The summed E-state index contributed by atoms with van der Waals surface area (Å²) < 4.78 is 0. The molecule has 0 spiro atoms. The largest absolute Gasteiger partial charge is 0.367 e. The summed E-state index contributed by atoms with van der Waals surface area (Å²) in [6.07, 6.45) is 5.13. The van der Waals surface area contributed by atoms with Crippen molar-refractivity contribution in [3.05, 3.63) is 41.7 Å². The van der Waals surface area contributed by atoms with Crippen molar-refractivity contribution in [1.82, 2.24) is 15.3 Å². The van der Waals surface area contributed by atoms with Gasteiger partial charge in [0.2, 0.25) is 5.91 Å². The van der Waals surface area contributed by atoms with Gasteiger partial charge in [-0.05, 0) is 71.2 Å². The maximum atomic E-state index is 12.6. The zero-order valence-electron chi connectivity index (χ0n) is 19.1. The van der Waals surface area contributed by atoms with E-state index in [1.165, 1.54) is 19.2 Å². The summed E-state index contributed by atoms with van der Waals surface area (Å²) in [5.74, 6) is 0.626. The summed E-state index contributed by atoms with van der Waals surface area (Å²) in [5.41, 5.74) is 2.05. The lowest BCUT2D eigenvalue weighted by molar-refractivity contribution is -0.114. The highest BCUT2D eigenvalue weighted by Crippen LogP contribution is 2.31. The monoisotopic (exact) mass is 424 g/mol. The van der Waals surface area contributed by atoms with Crippen molar-refractivity contribution in [3.8, 4) is 0 Å². The number of carbonyl (C=O) groups excluding carboxylic acids is 2. The minimum absolute atomic E-state index is 0.0435. The second-order valence-electron chi connectivity index (χ2n) is 9.60. The van der Waals surface area contributed by atoms with E-state index in [0.29, 0.717) is 23.1 Å². The van der Waals surface area contributed by atoms with E-state index in [0.717, 1.165) is 24.2 Å². The Bertz CT molecular complexity index is 970. The average molecular weight is 425 g/mol. The molecule has 3 heterocycles. The minimum Gasteiger partial charge on any atom is -0.367 e. The number of aromatic nitrogens is 2. The Hall–Kier alpha value is -3.00. The normalized spacial score (nSPS) is 17.6. The predicted molar refractivity (Wildman–Crippen MR) is 123 cm³/mol.